The lowest BCUT2D eigenvalue weighted by Crippen LogP contribution is -2.34. The molecular weight excluding hydrogens is 296 g/mol. The van der Waals surface area contributed by atoms with Gasteiger partial charge >= 0.3 is 0 Å². The first-order valence-electron chi connectivity index (χ1n) is 9.75. The van der Waals surface area contributed by atoms with Crippen LogP contribution in [0.1, 0.15) is 59.8 Å². The van der Waals surface area contributed by atoms with Gasteiger partial charge in [-0.1, -0.05) is 64.8 Å². The van der Waals surface area contributed by atoms with Gasteiger partial charge in [-0.2, -0.15) is 0 Å². The molecule has 1 saturated carbocycles. The van der Waals surface area contributed by atoms with Crippen molar-refractivity contribution in [1.29, 1.82) is 0 Å². The second-order valence-corrected chi connectivity index (χ2v) is 13.2. The number of allylic oxidation sites excluding steroid dienone is 3. The Morgan fingerprint density at radius 2 is 1.87 bits per heavy atom. The van der Waals surface area contributed by atoms with Crippen molar-refractivity contribution >= 4 is 8.32 Å². The fraction of sp³-hybridized carbons (Fsp3) is 0.810. The summed E-state index contributed by atoms with van der Waals surface area (Å²) >= 11 is 0. The van der Waals surface area contributed by atoms with Crippen LogP contribution in [0.5, 0.6) is 0 Å². The molecule has 1 aliphatic carbocycles. The first kappa shape index (κ1) is 20.7. The van der Waals surface area contributed by atoms with Crippen molar-refractivity contribution in [3.8, 4) is 0 Å². The molecule has 0 aromatic carbocycles. The zero-order valence-corrected chi connectivity index (χ0v) is 17.6. The van der Waals surface area contributed by atoms with E-state index in [1.54, 1.807) is 0 Å². The smallest absolute Gasteiger partial charge is 0.184 e. The van der Waals surface area contributed by atoms with E-state index in [2.05, 4.69) is 71.6 Å². The summed E-state index contributed by atoms with van der Waals surface area (Å²) in [4.78, 5) is 0. The minimum Gasteiger partial charge on any atom is -0.414 e. The number of unbranched alkanes of at least 4 members (excludes halogenated alkanes) is 2. The molecule has 1 aliphatic rings. The van der Waals surface area contributed by atoms with Gasteiger partial charge < -0.3 is 4.43 Å². The van der Waals surface area contributed by atoms with Crippen molar-refractivity contribution in [2.24, 2.45) is 23.7 Å². The zero-order valence-electron chi connectivity index (χ0n) is 16.6. The summed E-state index contributed by atoms with van der Waals surface area (Å²) in [6.45, 7) is 16.2. The summed E-state index contributed by atoms with van der Waals surface area (Å²) in [7, 11) is -1.48. The Labute approximate surface area is 146 Å². The highest BCUT2D eigenvalue weighted by molar-refractivity contribution is 6.69. The van der Waals surface area contributed by atoms with Crippen LogP contribution < -0.4 is 0 Å². The molecule has 1 fully saturated rings. The van der Waals surface area contributed by atoms with Crippen LogP contribution >= 0.6 is 0 Å². The van der Waals surface area contributed by atoms with Gasteiger partial charge in [0.2, 0.25) is 0 Å². The second kappa shape index (κ2) is 9.83. The van der Waals surface area contributed by atoms with Crippen molar-refractivity contribution in [3.63, 3.8) is 0 Å². The maximum absolute atomic E-state index is 6.55. The van der Waals surface area contributed by atoms with E-state index in [0.29, 0.717) is 17.9 Å². The van der Waals surface area contributed by atoms with Crippen molar-refractivity contribution in [2.45, 2.75) is 85.5 Å². The predicted octanol–water partition coefficient (Wildman–Crippen LogP) is 6.83. The monoisotopic (exact) mass is 336 g/mol. The van der Waals surface area contributed by atoms with Crippen LogP contribution in [-0.2, 0) is 4.43 Å². The molecular formula is C21H40OSi. The lowest BCUT2D eigenvalue weighted by Gasteiger charge is -2.28. The molecule has 1 rings (SSSR count). The fourth-order valence-corrected chi connectivity index (χ4v) is 4.80. The van der Waals surface area contributed by atoms with E-state index >= 15 is 0 Å². The summed E-state index contributed by atoms with van der Waals surface area (Å²) in [5, 5.41) is 0. The molecule has 1 nitrogen and oxygen atoms in total. The van der Waals surface area contributed by atoms with Gasteiger partial charge in [-0.15, -0.1) is 0 Å². The Bertz CT molecular complexity index is 378. The molecule has 23 heavy (non-hydrogen) atoms. The van der Waals surface area contributed by atoms with Crippen molar-refractivity contribution in [1.82, 2.24) is 0 Å². The first-order valence-corrected chi connectivity index (χ1v) is 13.2. The molecule has 4 atom stereocenters. The van der Waals surface area contributed by atoms with Crippen LogP contribution in [0, 0.1) is 23.7 Å². The molecule has 0 aromatic heterocycles. The quantitative estimate of drug-likeness (QED) is 0.255. The highest BCUT2D eigenvalue weighted by atomic mass is 28.4. The molecule has 0 radical (unpaired) electrons. The third-order valence-electron chi connectivity index (χ3n) is 4.78. The zero-order chi connectivity index (χ0) is 17.5. The lowest BCUT2D eigenvalue weighted by atomic mass is 9.86. The number of hydrogen-bond donors (Lipinski definition) is 0. The first-order chi connectivity index (χ1) is 10.7. The van der Waals surface area contributed by atoms with Crippen LogP contribution in [0.2, 0.25) is 19.6 Å². The normalized spacial score (nSPS) is 29.4. The van der Waals surface area contributed by atoms with E-state index in [4.69, 9.17) is 4.43 Å². The van der Waals surface area contributed by atoms with Crippen LogP contribution in [0.4, 0.5) is 0 Å². The van der Waals surface area contributed by atoms with Crippen molar-refractivity contribution < 1.29 is 4.43 Å². The minimum atomic E-state index is -1.48. The molecule has 134 valence electrons. The molecule has 0 aromatic rings. The predicted molar refractivity (Wildman–Crippen MR) is 106 cm³/mol. The van der Waals surface area contributed by atoms with Crippen molar-refractivity contribution in [3.05, 3.63) is 24.3 Å². The van der Waals surface area contributed by atoms with Crippen LogP contribution in [0.3, 0.4) is 0 Å². The van der Waals surface area contributed by atoms with Gasteiger partial charge in [0.15, 0.2) is 8.32 Å². The summed E-state index contributed by atoms with van der Waals surface area (Å²) < 4.78 is 6.55. The maximum atomic E-state index is 6.55. The van der Waals surface area contributed by atoms with E-state index in [1.165, 1.54) is 32.1 Å². The highest BCUT2D eigenvalue weighted by Crippen LogP contribution is 2.43. The second-order valence-electron chi connectivity index (χ2n) is 8.70. The Morgan fingerprint density at radius 1 is 1.17 bits per heavy atom. The van der Waals surface area contributed by atoms with E-state index < -0.39 is 8.32 Å². The molecule has 0 heterocycles. The molecule has 2 heteroatoms. The van der Waals surface area contributed by atoms with Crippen LogP contribution in [-0.4, -0.2) is 14.4 Å². The Morgan fingerprint density at radius 3 is 2.43 bits per heavy atom. The summed E-state index contributed by atoms with van der Waals surface area (Å²) in [6.07, 6.45) is 16.4. The SMILES string of the molecule is CCCC/C=C\CC1[C@@H](C=CC(C)C)[C@H](O[Si](C)(C)C)C[C@@H]1C. The molecule has 0 aliphatic heterocycles. The lowest BCUT2D eigenvalue weighted by molar-refractivity contribution is 0.160. The number of hydrogen-bond acceptors (Lipinski definition) is 1. The highest BCUT2D eigenvalue weighted by Gasteiger charge is 2.41. The van der Waals surface area contributed by atoms with E-state index in [9.17, 15) is 0 Å². The Kier molecular flexibility index (Phi) is 8.85. The Balaban J connectivity index is 2.77. The van der Waals surface area contributed by atoms with Crippen LogP contribution in [0.25, 0.3) is 0 Å². The van der Waals surface area contributed by atoms with Crippen molar-refractivity contribution in [2.75, 3.05) is 0 Å². The topological polar surface area (TPSA) is 9.23 Å². The molecule has 0 saturated heterocycles. The molecule has 1 unspecified atom stereocenters. The van der Waals surface area contributed by atoms with Gasteiger partial charge in [0, 0.05) is 5.92 Å². The van der Waals surface area contributed by atoms with Gasteiger partial charge in [0.05, 0.1) is 6.10 Å². The minimum absolute atomic E-state index is 0.431. The average Bonchev–Trinajstić information content (AvgIpc) is 2.69. The van der Waals surface area contributed by atoms with Gasteiger partial charge in [0.1, 0.15) is 0 Å². The molecule has 0 amide bonds. The van der Waals surface area contributed by atoms with E-state index in [0.717, 1.165) is 11.8 Å². The fourth-order valence-electron chi connectivity index (χ4n) is 3.63. The standard InChI is InChI=1S/C21H40OSi/c1-8-9-10-11-12-13-19-18(4)16-21(22-23(5,6)7)20(19)15-14-17(2)3/h11-12,14-15,17-21H,8-10,13,16H2,1-7H3/b12-11-,15-14?/t18-,19?,20+,21+/m0/s1. The van der Waals surface area contributed by atoms with Gasteiger partial charge in [-0.05, 0) is 56.7 Å². The summed E-state index contributed by atoms with van der Waals surface area (Å²) in [5.74, 6) is 2.72. The van der Waals surface area contributed by atoms with Gasteiger partial charge in [-0.3, -0.25) is 0 Å². The largest absolute Gasteiger partial charge is 0.414 e. The summed E-state index contributed by atoms with van der Waals surface area (Å²) in [5.41, 5.74) is 0. The van der Waals surface area contributed by atoms with E-state index in [-0.39, 0.29) is 0 Å². The maximum Gasteiger partial charge on any atom is 0.184 e. The van der Waals surface area contributed by atoms with Gasteiger partial charge in [-0.25, -0.2) is 0 Å². The number of rotatable bonds is 9. The Hall–Kier alpha value is -0.343. The molecule has 0 bridgehead atoms. The molecule has 0 N–H and O–H groups in total. The summed E-state index contributed by atoms with van der Waals surface area (Å²) in [6, 6.07) is 0. The van der Waals surface area contributed by atoms with E-state index in [1.807, 2.05) is 0 Å². The van der Waals surface area contributed by atoms with Crippen LogP contribution in [0.15, 0.2) is 24.3 Å². The van der Waals surface area contributed by atoms with Gasteiger partial charge in [0.25, 0.3) is 0 Å². The average molecular weight is 337 g/mol. The third-order valence-corrected chi connectivity index (χ3v) is 5.79. The molecule has 0 spiro atoms. The third kappa shape index (κ3) is 7.85.